The lowest BCUT2D eigenvalue weighted by Gasteiger charge is -2.17. The van der Waals surface area contributed by atoms with Crippen molar-refractivity contribution in [1.82, 2.24) is 9.97 Å². The van der Waals surface area contributed by atoms with Gasteiger partial charge in [-0.1, -0.05) is 42.0 Å². The molecule has 0 atom stereocenters. The van der Waals surface area contributed by atoms with E-state index in [0.717, 1.165) is 35.7 Å². The third kappa shape index (κ3) is 2.09. The molecule has 4 heteroatoms. The fourth-order valence-corrected chi connectivity index (χ4v) is 2.38. The van der Waals surface area contributed by atoms with Crippen molar-refractivity contribution in [2.24, 2.45) is 0 Å². The molecule has 92 valence electrons. The highest BCUT2D eigenvalue weighted by molar-refractivity contribution is 7.71. The third-order valence-electron chi connectivity index (χ3n) is 3.17. The fourth-order valence-electron chi connectivity index (χ4n) is 2.10. The summed E-state index contributed by atoms with van der Waals surface area (Å²) in [6.45, 7) is 3.39. The number of benzene rings is 1. The number of H-pyrrole nitrogens is 1. The Bertz CT molecular complexity index is 631. The standard InChI is InChI=1S/C14H14N2OS/c1-9-2-4-10(5-3-9)13-15-12-6-7-17-8-11(12)14(18)16-13/h2-5H,6-8H2,1H3,(H,15,16,18). The molecule has 1 N–H and O–H groups in total. The molecule has 1 aromatic heterocycles. The Balaban J connectivity index is 2.11. The first kappa shape index (κ1) is 11.6. The Morgan fingerprint density at radius 3 is 2.83 bits per heavy atom. The van der Waals surface area contributed by atoms with E-state index >= 15 is 0 Å². The van der Waals surface area contributed by atoms with Crippen LogP contribution in [-0.2, 0) is 17.8 Å². The van der Waals surface area contributed by atoms with E-state index in [1.165, 1.54) is 5.56 Å². The van der Waals surface area contributed by atoms with Crippen molar-refractivity contribution in [3.63, 3.8) is 0 Å². The van der Waals surface area contributed by atoms with Crippen LogP contribution in [0.15, 0.2) is 24.3 Å². The van der Waals surface area contributed by atoms with Crippen molar-refractivity contribution in [3.05, 3.63) is 45.7 Å². The largest absolute Gasteiger partial charge is 0.376 e. The smallest absolute Gasteiger partial charge is 0.139 e. The summed E-state index contributed by atoms with van der Waals surface area (Å²) >= 11 is 5.34. The van der Waals surface area contributed by atoms with Gasteiger partial charge in [0.05, 0.1) is 13.2 Å². The lowest BCUT2D eigenvalue weighted by Crippen LogP contribution is -2.14. The molecule has 0 unspecified atom stereocenters. The maximum atomic E-state index is 5.41. The molecule has 0 radical (unpaired) electrons. The molecular formula is C14H14N2OS. The predicted molar refractivity (Wildman–Crippen MR) is 73.0 cm³/mol. The molecule has 0 saturated heterocycles. The second-order valence-electron chi connectivity index (χ2n) is 4.52. The van der Waals surface area contributed by atoms with Crippen LogP contribution in [0.5, 0.6) is 0 Å². The molecule has 18 heavy (non-hydrogen) atoms. The minimum atomic E-state index is 0.575. The molecule has 3 rings (SSSR count). The molecule has 1 aliphatic heterocycles. The second kappa shape index (κ2) is 4.63. The van der Waals surface area contributed by atoms with E-state index in [4.69, 9.17) is 17.0 Å². The normalized spacial score (nSPS) is 14.3. The number of ether oxygens (including phenoxy) is 1. The van der Waals surface area contributed by atoms with E-state index in [9.17, 15) is 0 Å². The summed E-state index contributed by atoms with van der Waals surface area (Å²) in [6.07, 6.45) is 0.875. The number of rotatable bonds is 1. The fraction of sp³-hybridized carbons (Fsp3) is 0.286. The topological polar surface area (TPSA) is 37.9 Å². The van der Waals surface area contributed by atoms with Gasteiger partial charge >= 0.3 is 0 Å². The van der Waals surface area contributed by atoms with Crippen LogP contribution in [0.4, 0.5) is 0 Å². The summed E-state index contributed by atoms with van der Waals surface area (Å²) in [5.41, 5.74) is 4.51. The van der Waals surface area contributed by atoms with Gasteiger partial charge in [-0.05, 0) is 6.92 Å². The van der Waals surface area contributed by atoms with E-state index < -0.39 is 0 Å². The van der Waals surface area contributed by atoms with Crippen molar-refractivity contribution >= 4 is 12.2 Å². The summed E-state index contributed by atoms with van der Waals surface area (Å²) < 4.78 is 6.06. The molecule has 1 aromatic carbocycles. The molecule has 0 fully saturated rings. The van der Waals surface area contributed by atoms with Crippen LogP contribution in [0.2, 0.25) is 0 Å². The average Bonchev–Trinajstić information content (AvgIpc) is 2.39. The highest BCUT2D eigenvalue weighted by Crippen LogP contribution is 2.21. The van der Waals surface area contributed by atoms with Gasteiger partial charge in [-0.2, -0.15) is 0 Å². The summed E-state index contributed by atoms with van der Waals surface area (Å²) in [4.78, 5) is 7.85. The molecule has 3 nitrogen and oxygen atoms in total. The lowest BCUT2D eigenvalue weighted by atomic mass is 10.1. The summed E-state index contributed by atoms with van der Waals surface area (Å²) in [5.74, 6) is 0.848. The zero-order chi connectivity index (χ0) is 12.5. The van der Waals surface area contributed by atoms with Crippen LogP contribution >= 0.6 is 12.2 Å². The molecule has 0 bridgehead atoms. The van der Waals surface area contributed by atoms with Crippen LogP contribution in [0, 0.1) is 11.6 Å². The summed E-state index contributed by atoms with van der Waals surface area (Å²) in [7, 11) is 0. The summed E-state index contributed by atoms with van der Waals surface area (Å²) in [5, 5.41) is 0. The highest BCUT2D eigenvalue weighted by atomic mass is 32.1. The maximum absolute atomic E-state index is 5.41. The first-order chi connectivity index (χ1) is 8.74. The van der Waals surface area contributed by atoms with Gasteiger partial charge in [0, 0.05) is 23.2 Å². The van der Waals surface area contributed by atoms with Gasteiger partial charge in [0.1, 0.15) is 10.5 Å². The highest BCUT2D eigenvalue weighted by Gasteiger charge is 2.14. The molecule has 0 amide bonds. The Labute approximate surface area is 111 Å². The number of nitrogens with zero attached hydrogens (tertiary/aromatic N) is 1. The monoisotopic (exact) mass is 258 g/mol. The molecular weight excluding hydrogens is 244 g/mol. The molecule has 0 spiro atoms. The van der Waals surface area contributed by atoms with E-state index in [1.54, 1.807) is 0 Å². The minimum Gasteiger partial charge on any atom is -0.376 e. The van der Waals surface area contributed by atoms with E-state index in [0.29, 0.717) is 11.2 Å². The minimum absolute atomic E-state index is 0.575. The third-order valence-corrected chi connectivity index (χ3v) is 3.51. The molecule has 1 aliphatic rings. The SMILES string of the molecule is Cc1ccc(-c2nc(=S)c3c([nH]2)CCOC3)cc1. The number of nitrogens with one attached hydrogen (secondary N) is 1. The van der Waals surface area contributed by atoms with E-state index in [1.807, 2.05) is 0 Å². The number of aryl methyl sites for hydroxylation is 1. The van der Waals surface area contributed by atoms with Crippen LogP contribution in [-0.4, -0.2) is 16.6 Å². The van der Waals surface area contributed by atoms with Crippen LogP contribution in [0.3, 0.4) is 0 Å². The summed E-state index contributed by atoms with van der Waals surface area (Å²) in [6, 6.07) is 8.29. The number of hydrogen-bond donors (Lipinski definition) is 1. The van der Waals surface area contributed by atoms with Crippen LogP contribution < -0.4 is 0 Å². The quantitative estimate of drug-likeness (QED) is 0.798. The Hall–Kier alpha value is -1.52. The Kier molecular flexibility index (Phi) is 2.97. The Morgan fingerprint density at radius 2 is 2.06 bits per heavy atom. The van der Waals surface area contributed by atoms with Gasteiger partial charge in [0.15, 0.2) is 0 Å². The molecule has 2 aromatic rings. The number of fused-ring (bicyclic) bond motifs is 1. The van der Waals surface area contributed by atoms with Gasteiger partial charge in [0.25, 0.3) is 0 Å². The van der Waals surface area contributed by atoms with Gasteiger partial charge in [-0.3, -0.25) is 0 Å². The lowest BCUT2D eigenvalue weighted by molar-refractivity contribution is 0.108. The van der Waals surface area contributed by atoms with Gasteiger partial charge in [-0.25, -0.2) is 4.98 Å². The molecule has 0 saturated carbocycles. The molecule has 2 heterocycles. The van der Waals surface area contributed by atoms with E-state index in [-0.39, 0.29) is 0 Å². The first-order valence-corrected chi connectivity index (χ1v) is 6.42. The maximum Gasteiger partial charge on any atom is 0.139 e. The van der Waals surface area contributed by atoms with E-state index in [2.05, 4.69) is 41.2 Å². The van der Waals surface area contributed by atoms with Crippen molar-refractivity contribution in [3.8, 4) is 11.4 Å². The van der Waals surface area contributed by atoms with Crippen molar-refractivity contribution in [2.45, 2.75) is 20.0 Å². The first-order valence-electron chi connectivity index (χ1n) is 6.01. The predicted octanol–water partition coefficient (Wildman–Crippen LogP) is 3.19. The zero-order valence-electron chi connectivity index (χ0n) is 10.2. The average molecular weight is 258 g/mol. The van der Waals surface area contributed by atoms with Crippen molar-refractivity contribution in [1.29, 1.82) is 0 Å². The Morgan fingerprint density at radius 1 is 1.28 bits per heavy atom. The number of aromatic amines is 1. The zero-order valence-corrected chi connectivity index (χ0v) is 11.0. The number of aromatic nitrogens is 2. The molecule has 0 aliphatic carbocycles. The van der Waals surface area contributed by atoms with Crippen LogP contribution in [0.1, 0.15) is 16.8 Å². The van der Waals surface area contributed by atoms with Gasteiger partial charge < -0.3 is 9.72 Å². The van der Waals surface area contributed by atoms with Crippen molar-refractivity contribution < 1.29 is 4.74 Å². The van der Waals surface area contributed by atoms with Crippen LogP contribution in [0.25, 0.3) is 11.4 Å². The van der Waals surface area contributed by atoms with Crippen molar-refractivity contribution in [2.75, 3.05) is 6.61 Å². The van der Waals surface area contributed by atoms with Gasteiger partial charge in [0.2, 0.25) is 0 Å². The number of hydrogen-bond acceptors (Lipinski definition) is 3. The van der Waals surface area contributed by atoms with Gasteiger partial charge in [-0.15, -0.1) is 0 Å². The second-order valence-corrected chi connectivity index (χ2v) is 4.90.